The highest BCUT2D eigenvalue weighted by atomic mass is 32.1. The number of aliphatic hydroxyl groups is 1. The van der Waals surface area contributed by atoms with Crippen molar-refractivity contribution in [2.75, 3.05) is 41.7 Å². The van der Waals surface area contributed by atoms with Gasteiger partial charge in [0, 0.05) is 16.9 Å². The van der Waals surface area contributed by atoms with Crippen LogP contribution in [-0.2, 0) is 14.2 Å². The molecule has 1 fully saturated rings. The van der Waals surface area contributed by atoms with Crippen LogP contribution in [0.15, 0.2) is 24.3 Å². The Morgan fingerprint density at radius 3 is 2.14 bits per heavy atom. The molecule has 1 aromatic heterocycles. The van der Waals surface area contributed by atoms with E-state index in [-0.39, 0.29) is 25.4 Å². The van der Waals surface area contributed by atoms with Crippen molar-refractivity contribution in [1.82, 2.24) is 0 Å². The Balaban J connectivity index is 2.03. The molecule has 8 heteroatoms. The standard InChI is InChI=1S/C21H28O7S/c1-12-6-7-16(29-12)19-20(26-5)21(27-9-8-22)17(28-19)13-10-14(23-2)18(25-4)15(11-13)24-3/h6-7,10-11,17,19-22H,8-9H2,1-5H3. The van der Waals surface area contributed by atoms with Crippen molar-refractivity contribution in [1.29, 1.82) is 0 Å². The van der Waals surface area contributed by atoms with E-state index in [0.29, 0.717) is 17.2 Å². The predicted molar refractivity (Wildman–Crippen MR) is 109 cm³/mol. The lowest BCUT2D eigenvalue weighted by atomic mass is 9.99. The van der Waals surface area contributed by atoms with Crippen molar-refractivity contribution in [3.63, 3.8) is 0 Å². The van der Waals surface area contributed by atoms with Gasteiger partial charge in [0.2, 0.25) is 5.75 Å². The van der Waals surface area contributed by atoms with Crippen LogP contribution < -0.4 is 14.2 Å². The highest BCUT2D eigenvalue weighted by molar-refractivity contribution is 7.12. The first-order valence-corrected chi connectivity index (χ1v) is 10.2. The van der Waals surface area contributed by atoms with Crippen molar-refractivity contribution in [2.24, 2.45) is 0 Å². The minimum absolute atomic E-state index is 0.0856. The Morgan fingerprint density at radius 1 is 0.966 bits per heavy atom. The van der Waals surface area contributed by atoms with E-state index in [2.05, 4.69) is 19.1 Å². The molecule has 0 saturated carbocycles. The summed E-state index contributed by atoms with van der Waals surface area (Å²) in [5, 5.41) is 9.30. The summed E-state index contributed by atoms with van der Waals surface area (Å²) in [7, 11) is 6.36. The Labute approximate surface area is 175 Å². The van der Waals surface area contributed by atoms with Gasteiger partial charge in [0.15, 0.2) is 11.5 Å². The largest absolute Gasteiger partial charge is 0.493 e. The molecule has 0 spiro atoms. The fourth-order valence-electron chi connectivity index (χ4n) is 3.66. The van der Waals surface area contributed by atoms with Crippen LogP contribution >= 0.6 is 11.3 Å². The molecule has 0 aliphatic carbocycles. The van der Waals surface area contributed by atoms with E-state index in [1.807, 2.05) is 12.1 Å². The van der Waals surface area contributed by atoms with Gasteiger partial charge in [0.1, 0.15) is 24.4 Å². The molecule has 0 bridgehead atoms. The first-order chi connectivity index (χ1) is 14.1. The van der Waals surface area contributed by atoms with E-state index in [1.165, 1.54) is 4.88 Å². The van der Waals surface area contributed by atoms with Gasteiger partial charge in [-0.25, -0.2) is 0 Å². The average molecular weight is 425 g/mol. The first-order valence-electron chi connectivity index (χ1n) is 9.34. The number of rotatable bonds is 9. The molecular weight excluding hydrogens is 396 g/mol. The Hall–Kier alpha value is -1.84. The molecule has 4 atom stereocenters. The molecule has 2 aromatic rings. The summed E-state index contributed by atoms with van der Waals surface area (Å²) in [5.41, 5.74) is 0.820. The molecule has 0 amide bonds. The van der Waals surface area contributed by atoms with Crippen molar-refractivity contribution in [3.8, 4) is 17.2 Å². The van der Waals surface area contributed by atoms with Crippen molar-refractivity contribution >= 4 is 11.3 Å². The number of methoxy groups -OCH3 is 4. The van der Waals surface area contributed by atoms with Crippen LogP contribution in [0.1, 0.15) is 27.5 Å². The SMILES string of the molecule is COc1cc(C2OC(c3ccc(C)s3)C(OC)C2OCCO)cc(OC)c1OC. The second-order valence-corrected chi connectivity index (χ2v) is 7.96. The smallest absolute Gasteiger partial charge is 0.203 e. The van der Waals surface area contributed by atoms with Gasteiger partial charge in [-0.15, -0.1) is 11.3 Å². The Kier molecular flexibility index (Phi) is 7.37. The minimum Gasteiger partial charge on any atom is -0.493 e. The third kappa shape index (κ3) is 4.36. The van der Waals surface area contributed by atoms with E-state index in [9.17, 15) is 5.11 Å². The summed E-state index contributed by atoms with van der Waals surface area (Å²) in [6.07, 6.45) is -1.47. The molecule has 29 heavy (non-hydrogen) atoms. The zero-order valence-corrected chi connectivity index (χ0v) is 18.2. The second kappa shape index (κ2) is 9.77. The number of aryl methyl sites for hydroxylation is 1. The summed E-state index contributed by atoms with van der Waals surface area (Å²) in [6, 6.07) is 7.83. The van der Waals surface area contributed by atoms with Crippen LogP contribution in [0.3, 0.4) is 0 Å². The van der Waals surface area contributed by atoms with Crippen LogP contribution in [0.2, 0.25) is 0 Å². The number of hydrogen-bond donors (Lipinski definition) is 1. The molecule has 2 heterocycles. The maximum Gasteiger partial charge on any atom is 0.203 e. The third-order valence-electron chi connectivity index (χ3n) is 4.94. The zero-order valence-electron chi connectivity index (χ0n) is 17.3. The monoisotopic (exact) mass is 424 g/mol. The number of benzene rings is 1. The molecule has 1 N–H and O–H groups in total. The Bertz CT molecular complexity index is 781. The first kappa shape index (κ1) is 21.9. The number of thiophene rings is 1. The molecule has 0 radical (unpaired) electrons. The van der Waals surface area contributed by atoms with E-state index < -0.39 is 12.2 Å². The van der Waals surface area contributed by atoms with E-state index in [4.69, 9.17) is 28.4 Å². The van der Waals surface area contributed by atoms with Crippen LogP contribution in [0.4, 0.5) is 0 Å². The second-order valence-electron chi connectivity index (χ2n) is 6.64. The van der Waals surface area contributed by atoms with Crippen molar-refractivity contribution in [3.05, 3.63) is 39.6 Å². The van der Waals surface area contributed by atoms with Crippen LogP contribution in [0.25, 0.3) is 0 Å². The van der Waals surface area contributed by atoms with Gasteiger partial charge in [-0.1, -0.05) is 0 Å². The molecule has 1 aliphatic heterocycles. The van der Waals surface area contributed by atoms with Crippen LogP contribution in [-0.4, -0.2) is 59.0 Å². The van der Waals surface area contributed by atoms with Gasteiger partial charge < -0.3 is 33.5 Å². The van der Waals surface area contributed by atoms with Gasteiger partial charge >= 0.3 is 0 Å². The zero-order chi connectivity index (χ0) is 21.0. The number of hydrogen-bond acceptors (Lipinski definition) is 8. The summed E-state index contributed by atoms with van der Waals surface area (Å²) in [6.45, 7) is 2.16. The maximum absolute atomic E-state index is 9.30. The molecule has 160 valence electrons. The van der Waals surface area contributed by atoms with E-state index in [0.717, 1.165) is 10.4 Å². The fourth-order valence-corrected chi connectivity index (χ4v) is 4.61. The normalized spacial score (nSPS) is 23.9. The summed E-state index contributed by atoms with van der Waals surface area (Å²) >= 11 is 1.67. The maximum atomic E-state index is 9.30. The minimum atomic E-state index is -0.437. The molecule has 3 rings (SSSR count). The number of ether oxygens (including phenoxy) is 6. The summed E-state index contributed by atoms with van der Waals surface area (Å²) in [4.78, 5) is 2.27. The lowest BCUT2D eigenvalue weighted by Gasteiger charge is -2.24. The topological polar surface area (TPSA) is 75.6 Å². The van der Waals surface area contributed by atoms with Gasteiger partial charge in [-0.05, 0) is 36.8 Å². The average Bonchev–Trinajstić information content (AvgIpc) is 3.33. The fraction of sp³-hybridized carbons (Fsp3) is 0.524. The van der Waals surface area contributed by atoms with Crippen molar-refractivity contribution < 1.29 is 33.5 Å². The Morgan fingerprint density at radius 2 is 1.66 bits per heavy atom. The third-order valence-corrected chi connectivity index (χ3v) is 6.01. The molecule has 7 nitrogen and oxygen atoms in total. The molecular formula is C21H28O7S. The summed E-state index contributed by atoms with van der Waals surface area (Å²) < 4.78 is 34.6. The molecule has 4 unspecified atom stereocenters. The van der Waals surface area contributed by atoms with Gasteiger partial charge in [-0.2, -0.15) is 0 Å². The lowest BCUT2D eigenvalue weighted by molar-refractivity contribution is -0.0600. The highest BCUT2D eigenvalue weighted by Crippen LogP contribution is 2.48. The van der Waals surface area contributed by atoms with Gasteiger partial charge in [0.25, 0.3) is 0 Å². The molecule has 1 aromatic carbocycles. The lowest BCUT2D eigenvalue weighted by Crippen LogP contribution is -2.32. The summed E-state index contributed by atoms with van der Waals surface area (Å²) in [5.74, 6) is 1.59. The van der Waals surface area contributed by atoms with Gasteiger partial charge in [-0.3, -0.25) is 0 Å². The highest BCUT2D eigenvalue weighted by Gasteiger charge is 2.48. The molecule has 1 aliphatic rings. The van der Waals surface area contributed by atoms with Gasteiger partial charge in [0.05, 0.1) is 34.5 Å². The van der Waals surface area contributed by atoms with Crippen LogP contribution in [0.5, 0.6) is 17.2 Å². The van der Waals surface area contributed by atoms with E-state index in [1.54, 1.807) is 39.8 Å². The number of aliphatic hydroxyl groups excluding tert-OH is 1. The van der Waals surface area contributed by atoms with E-state index >= 15 is 0 Å². The van der Waals surface area contributed by atoms with Crippen LogP contribution in [0, 0.1) is 6.92 Å². The molecule has 1 saturated heterocycles. The quantitative estimate of drug-likeness (QED) is 0.662. The predicted octanol–water partition coefficient (Wildman–Crippen LogP) is 3.29. The van der Waals surface area contributed by atoms with Crippen molar-refractivity contribution in [2.45, 2.75) is 31.3 Å².